The number of phenols is 1. The smallest absolute Gasteiger partial charge is 0.258 e. The number of aromatic hydroxyl groups is 2. The number of benzene rings is 3. The van der Waals surface area contributed by atoms with E-state index in [0.717, 1.165) is 11.1 Å². The molecule has 0 aliphatic heterocycles. The average Bonchev–Trinajstić information content (AvgIpc) is 2.81. The molecule has 3 N–H and O–H groups in total. The molecule has 0 aliphatic carbocycles. The Balaban J connectivity index is 1.73. The van der Waals surface area contributed by atoms with E-state index in [4.69, 9.17) is 21.1 Å². The van der Waals surface area contributed by atoms with Gasteiger partial charge in [0, 0.05) is 22.0 Å². The lowest BCUT2D eigenvalue weighted by Gasteiger charge is -2.11. The molecule has 7 nitrogen and oxygen atoms in total. The van der Waals surface area contributed by atoms with Crippen LogP contribution in [0.25, 0.3) is 21.9 Å². The summed E-state index contributed by atoms with van der Waals surface area (Å²) in [7, 11) is 2.92. The number of hydrogen-bond acceptors (Lipinski definition) is 6. The van der Waals surface area contributed by atoms with Gasteiger partial charge in [0.2, 0.25) is 11.6 Å². The van der Waals surface area contributed by atoms with Gasteiger partial charge in [0.15, 0.2) is 11.5 Å². The van der Waals surface area contributed by atoms with Crippen LogP contribution in [0.2, 0.25) is 5.02 Å². The fraction of sp³-hybridized carbons (Fsp3) is 0.120. The van der Waals surface area contributed by atoms with Gasteiger partial charge in [-0.25, -0.2) is 0 Å². The molecular weight excluding hydrogens is 444 g/mol. The van der Waals surface area contributed by atoms with Gasteiger partial charge >= 0.3 is 0 Å². The summed E-state index contributed by atoms with van der Waals surface area (Å²) in [6.45, 7) is 0.199. The number of ether oxygens (including phenoxy) is 2. The number of rotatable bonds is 6. The Morgan fingerprint density at radius 3 is 2.39 bits per heavy atom. The Hall–Kier alpha value is -3.97. The van der Waals surface area contributed by atoms with Gasteiger partial charge in [-0.3, -0.25) is 14.8 Å². The molecule has 0 amide bonds. The van der Waals surface area contributed by atoms with E-state index in [0.29, 0.717) is 32.7 Å². The van der Waals surface area contributed by atoms with E-state index in [9.17, 15) is 15.0 Å². The number of hydrogen-bond donors (Lipinski definition) is 3. The Morgan fingerprint density at radius 2 is 1.70 bits per heavy atom. The predicted octanol–water partition coefficient (Wildman–Crippen LogP) is 4.90. The van der Waals surface area contributed by atoms with Crippen LogP contribution in [-0.4, -0.2) is 35.6 Å². The number of halogens is 1. The molecule has 0 radical (unpaired) electrons. The summed E-state index contributed by atoms with van der Waals surface area (Å²) in [4.78, 5) is 19.2. The van der Waals surface area contributed by atoms with Crippen LogP contribution in [0.4, 0.5) is 0 Å². The van der Waals surface area contributed by atoms with Gasteiger partial charge in [0.1, 0.15) is 0 Å². The summed E-state index contributed by atoms with van der Waals surface area (Å²) < 4.78 is 10.4. The van der Waals surface area contributed by atoms with Crippen LogP contribution in [0.15, 0.2) is 64.4 Å². The Bertz CT molecular complexity index is 1410. The molecule has 0 bridgehead atoms. The Morgan fingerprint density at radius 1 is 0.970 bits per heavy atom. The molecule has 0 fully saturated rings. The van der Waals surface area contributed by atoms with E-state index >= 15 is 0 Å². The largest absolute Gasteiger partial charge is 0.504 e. The first-order valence-corrected chi connectivity index (χ1v) is 10.4. The molecule has 4 aromatic rings. The number of nitrogens with zero attached hydrogens (tertiary/aromatic N) is 1. The summed E-state index contributed by atoms with van der Waals surface area (Å²) in [5.74, 6) is 0.281. The van der Waals surface area contributed by atoms with Crippen LogP contribution in [0.3, 0.4) is 0 Å². The summed E-state index contributed by atoms with van der Waals surface area (Å²) in [5, 5.41) is 22.2. The quantitative estimate of drug-likeness (QED) is 0.352. The number of aromatic nitrogens is 1. The second-order valence-corrected chi connectivity index (χ2v) is 7.74. The molecule has 1 heterocycles. The third kappa shape index (κ3) is 4.49. The Labute approximate surface area is 194 Å². The molecule has 0 aliphatic rings. The lowest BCUT2D eigenvalue weighted by molar-refractivity contribution is 0.332. The third-order valence-corrected chi connectivity index (χ3v) is 5.48. The summed E-state index contributed by atoms with van der Waals surface area (Å²) in [6, 6.07) is 16.0. The van der Waals surface area contributed by atoms with Gasteiger partial charge in [0.05, 0.1) is 26.3 Å². The minimum atomic E-state index is -0.396. The van der Waals surface area contributed by atoms with E-state index in [-0.39, 0.29) is 23.9 Å². The second kappa shape index (κ2) is 9.26. The first kappa shape index (κ1) is 22.2. The highest BCUT2D eigenvalue weighted by Crippen LogP contribution is 2.37. The number of H-pyrrole nitrogens is 1. The highest BCUT2D eigenvalue weighted by molar-refractivity contribution is 6.30. The molecular formula is C25H21ClN2O5. The molecule has 0 saturated carbocycles. The number of aromatic amines is 1. The van der Waals surface area contributed by atoms with Crippen LogP contribution >= 0.6 is 11.6 Å². The zero-order chi connectivity index (χ0) is 23.5. The lowest BCUT2D eigenvalue weighted by atomic mass is 10.00. The van der Waals surface area contributed by atoms with Gasteiger partial charge in [-0.2, -0.15) is 0 Å². The number of methoxy groups -OCH3 is 2. The van der Waals surface area contributed by atoms with E-state index in [2.05, 4.69) is 9.98 Å². The van der Waals surface area contributed by atoms with Crippen LogP contribution in [0.1, 0.15) is 11.1 Å². The second-order valence-electron chi connectivity index (χ2n) is 7.30. The van der Waals surface area contributed by atoms with Crippen molar-refractivity contribution in [1.82, 2.24) is 4.98 Å². The van der Waals surface area contributed by atoms with Gasteiger partial charge in [-0.05, 0) is 53.1 Å². The highest BCUT2D eigenvalue weighted by Gasteiger charge is 2.13. The van der Waals surface area contributed by atoms with E-state index in [1.165, 1.54) is 26.5 Å². The number of pyridine rings is 1. The highest BCUT2D eigenvalue weighted by atomic mass is 35.5. The normalized spacial score (nSPS) is 11.2. The van der Waals surface area contributed by atoms with Crippen molar-refractivity contribution in [3.05, 3.63) is 81.1 Å². The topological polar surface area (TPSA) is 104 Å². The van der Waals surface area contributed by atoms with E-state index < -0.39 is 5.56 Å². The molecule has 8 heteroatoms. The Kier molecular flexibility index (Phi) is 6.24. The fourth-order valence-corrected chi connectivity index (χ4v) is 3.75. The monoisotopic (exact) mass is 464 g/mol. The SMILES string of the molecule is COc1cc(CN=Cc2c(O)[nH]c(=O)c3ccc(-c4ccc(Cl)cc4)cc23)cc(O)c1OC. The van der Waals surface area contributed by atoms with E-state index in [1.807, 2.05) is 24.3 Å². The van der Waals surface area contributed by atoms with Crippen molar-refractivity contribution in [3.63, 3.8) is 0 Å². The molecule has 0 atom stereocenters. The van der Waals surface area contributed by atoms with Crippen LogP contribution < -0.4 is 15.0 Å². The number of aliphatic imine (C=N–C) groups is 1. The first-order valence-electron chi connectivity index (χ1n) is 10.00. The number of nitrogens with one attached hydrogen (secondary N) is 1. The molecule has 33 heavy (non-hydrogen) atoms. The maximum absolute atomic E-state index is 12.4. The van der Waals surface area contributed by atoms with Crippen molar-refractivity contribution in [2.24, 2.45) is 4.99 Å². The van der Waals surface area contributed by atoms with Gasteiger partial charge in [-0.15, -0.1) is 0 Å². The fourth-order valence-electron chi connectivity index (χ4n) is 3.62. The molecule has 0 spiro atoms. The first-order chi connectivity index (χ1) is 15.9. The van der Waals surface area contributed by atoms with Crippen LogP contribution in [0.5, 0.6) is 23.1 Å². The molecule has 0 saturated heterocycles. The van der Waals surface area contributed by atoms with Crippen molar-refractivity contribution in [1.29, 1.82) is 0 Å². The third-order valence-electron chi connectivity index (χ3n) is 5.23. The van der Waals surface area contributed by atoms with Crippen molar-refractivity contribution < 1.29 is 19.7 Å². The molecule has 3 aromatic carbocycles. The zero-order valence-electron chi connectivity index (χ0n) is 17.9. The summed E-state index contributed by atoms with van der Waals surface area (Å²) in [5.41, 5.74) is 2.45. The minimum Gasteiger partial charge on any atom is -0.504 e. The maximum Gasteiger partial charge on any atom is 0.258 e. The van der Waals surface area contributed by atoms with Gasteiger partial charge in [-0.1, -0.05) is 29.8 Å². The lowest BCUT2D eigenvalue weighted by Crippen LogP contribution is -2.08. The van der Waals surface area contributed by atoms with Crippen molar-refractivity contribution in [2.75, 3.05) is 14.2 Å². The predicted molar refractivity (Wildman–Crippen MR) is 129 cm³/mol. The van der Waals surface area contributed by atoms with E-state index in [1.54, 1.807) is 24.3 Å². The standard InChI is InChI=1S/C25H21ClN2O5/c1-32-22-10-14(9-21(29)23(22)33-2)12-27-13-20-19-11-16(15-3-6-17(26)7-4-15)5-8-18(19)24(30)28-25(20)31/h3-11,13,29H,12H2,1-2H3,(H2,28,30,31). The van der Waals surface area contributed by atoms with Crippen LogP contribution in [-0.2, 0) is 6.54 Å². The summed E-state index contributed by atoms with van der Waals surface area (Å²) in [6.07, 6.45) is 1.49. The maximum atomic E-state index is 12.4. The minimum absolute atomic E-state index is 0.0630. The molecule has 168 valence electrons. The van der Waals surface area contributed by atoms with Crippen molar-refractivity contribution >= 4 is 28.6 Å². The van der Waals surface area contributed by atoms with Crippen molar-refractivity contribution in [3.8, 4) is 34.3 Å². The van der Waals surface area contributed by atoms with Gasteiger partial charge < -0.3 is 19.7 Å². The summed E-state index contributed by atoms with van der Waals surface area (Å²) >= 11 is 5.99. The van der Waals surface area contributed by atoms with Crippen molar-refractivity contribution in [2.45, 2.75) is 6.54 Å². The zero-order valence-corrected chi connectivity index (χ0v) is 18.7. The average molecular weight is 465 g/mol. The van der Waals surface area contributed by atoms with Gasteiger partial charge in [0.25, 0.3) is 5.56 Å². The molecule has 1 aromatic heterocycles. The van der Waals surface area contributed by atoms with Crippen LogP contribution in [0, 0.1) is 0 Å². The number of fused-ring (bicyclic) bond motifs is 1. The number of phenolic OH excluding ortho intramolecular Hbond substituents is 1. The molecule has 4 rings (SSSR count). The molecule has 0 unspecified atom stereocenters.